The van der Waals surface area contributed by atoms with Gasteiger partial charge in [-0.15, -0.1) is 0 Å². The molecule has 1 saturated heterocycles. The second-order valence-electron chi connectivity index (χ2n) is 5.01. The third-order valence-corrected chi connectivity index (χ3v) is 4.14. The van der Waals surface area contributed by atoms with Crippen LogP contribution in [-0.2, 0) is 0 Å². The van der Waals surface area contributed by atoms with Crippen LogP contribution in [0.5, 0.6) is 0 Å². The van der Waals surface area contributed by atoms with E-state index in [1.54, 1.807) is 6.07 Å². The van der Waals surface area contributed by atoms with Gasteiger partial charge in [-0.1, -0.05) is 25.4 Å². The number of benzene rings is 1. The lowest BCUT2D eigenvalue weighted by Gasteiger charge is -2.37. The Bertz CT molecular complexity index is 419. The van der Waals surface area contributed by atoms with Crippen LogP contribution in [0.25, 0.3) is 0 Å². The molecule has 92 valence electrons. The summed E-state index contributed by atoms with van der Waals surface area (Å²) in [4.78, 5) is 13.1. The Balaban J connectivity index is 2.18. The van der Waals surface area contributed by atoms with E-state index in [0.29, 0.717) is 16.5 Å². The van der Waals surface area contributed by atoms with Gasteiger partial charge < -0.3 is 4.90 Å². The Kier molecular flexibility index (Phi) is 3.72. The van der Waals surface area contributed by atoms with Crippen LogP contribution < -0.4 is 4.90 Å². The molecule has 1 heterocycles. The molecule has 0 N–H and O–H groups in total. The molecule has 0 spiro atoms. The van der Waals surface area contributed by atoms with Gasteiger partial charge in [0, 0.05) is 24.3 Å². The molecule has 0 bridgehead atoms. The van der Waals surface area contributed by atoms with Crippen molar-refractivity contribution in [3.8, 4) is 0 Å². The number of carbonyl (C=O) groups excluding carboxylic acids is 1. The van der Waals surface area contributed by atoms with E-state index in [-0.39, 0.29) is 0 Å². The lowest BCUT2D eigenvalue weighted by Crippen LogP contribution is -2.38. The van der Waals surface area contributed by atoms with Gasteiger partial charge in [-0.2, -0.15) is 0 Å². The van der Waals surface area contributed by atoms with E-state index in [1.165, 1.54) is 6.42 Å². The van der Waals surface area contributed by atoms with Crippen molar-refractivity contribution >= 4 is 23.6 Å². The van der Waals surface area contributed by atoms with Crippen LogP contribution in [0.4, 0.5) is 5.69 Å². The fourth-order valence-electron chi connectivity index (χ4n) is 2.31. The molecule has 3 heteroatoms. The number of piperidine rings is 1. The summed E-state index contributed by atoms with van der Waals surface area (Å²) < 4.78 is 0. The molecule has 2 nitrogen and oxygen atoms in total. The van der Waals surface area contributed by atoms with E-state index in [0.717, 1.165) is 31.0 Å². The number of rotatable bonds is 2. The van der Waals surface area contributed by atoms with Gasteiger partial charge in [0.2, 0.25) is 0 Å². The van der Waals surface area contributed by atoms with E-state index in [2.05, 4.69) is 18.7 Å². The molecule has 1 fully saturated rings. The fourth-order valence-corrected chi connectivity index (χ4v) is 2.53. The monoisotopic (exact) mass is 251 g/mol. The predicted octanol–water partition coefficient (Wildman–Crippen LogP) is 3.63. The maximum Gasteiger partial charge on any atom is 0.151 e. The Morgan fingerprint density at radius 1 is 1.35 bits per heavy atom. The smallest absolute Gasteiger partial charge is 0.151 e. The Morgan fingerprint density at radius 2 is 2.12 bits per heavy atom. The highest BCUT2D eigenvalue weighted by molar-refractivity contribution is 6.33. The first-order valence-corrected chi connectivity index (χ1v) is 6.49. The van der Waals surface area contributed by atoms with Crippen LogP contribution in [0.1, 0.15) is 30.6 Å². The van der Waals surface area contributed by atoms with Gasteiger partial charge in [0.25, 0.3) is 0 Å². The zero-order valence-electron chi connectivity index (χ0n) is 10.3. The van der Waals surface area contributed by atoms with Crippen molar-refractivity contribution in [2.75, 3.05) is 18.0 Å². The molecule has 1 aliphatic heterocycles. The molecular formula is C14H18ClNO. The molecule has 1 aliphatic rings. The molecule has 1 aromatic rings. The van der Waals surface area contributed by atoms with Crippen LogP contribution in [-0.4, -0.2) is 19.4 Å². The first-order chi connectivity index (χ1) is 8.11. The first kappa shape index (κ1) is 12.4. The summed E-state index contributed by atoms with van der Waals surface area (Å²) in [6.07, 6.45) is 2.02. The summed E-state index contributed by atoms with van der Waals surface area (Å²) in [6.45, 7) is 6.74. The maximum absolute atomic E-state index is 10.7. The number of hydrogen-bond donors (Lipinski definition) is 0. The van der Waals surface area contributed by atoms with Crippen molar-refractivity contribution in [3.05, 3.63) is 28.8 Å². The number of hydrogen-bond acceptors (Lipinski definition) is 2. The minimum absolute atomic E-state index is 0.545. The fraction of sp³-hybridized carbons (Fsp3) is 0.500. The third kappa shape index (κ3) is 2.63. The summed E-state index contributed by atoms with van der Waals surface area (Å²) in [5, 5.41) is 0.545. The summed E-state index contributed by atoms with van der Waals surface area (Å²) in [6, 6.07) is 5.68. The van der Waals surface area contributed by atoms with Gasteiger partial charge in [-0.25, -0.2) is 0 Å². The largest absolute Gasteiger partial charge is 0.371 e. The molecule has 2 unspecified atom stereocenters. The van der Waals surface area contributed by atoms with E-state index in [1.807, 2.05) is 12.1 Å². The molecule has 17 heavy (non-hydrogen) atoms. The van der Waals surface area contributed by atoms with Crippen LogP contribution in [0, 0.1) is 11.8 Å². The Hall–Kier alpha value is -1.02. The number of halogens is 1. The highest BCUT2D eigenvalue weighted by Gasteiger charge is 2.22. The van der Waals surface area contributed by atoms with Crippen molar-refractivity contribution in [3.63, 3.8) is 0 Å². The number of carbonyl (C=O) groups is 1. The van der Waals surface area contributed by atoms with Crippen molar-refractivity contribution in [1.29, 1.82) is 0 Å². The summed E-state index contributed by atoms with van der Waals surface area (Å²) >= 11 is 6.06. The van der Waals surface area contributed by atoms with Crippen molar-refractivity contribution in [2.45, 2.75) is 20.3 Å². The van der Waals surface area contributed by atoms with Gasteiger partial charge >= 0.3 is 0 Å². The molecule has 0 amide bonds. The van der Waals surface area contributed by atoms with Crippen LogP contribution in [0.15, 0.2) is 18.2 Å². The molecule has 2 rings (SSSR count). The van der Waals surface area contributed by atoms with Gasteiger partial charge in [-0.05, 0) is 36.5 Å². The number of nitrogens with zero attached hydrogens (tertiary/aromatic N) is 1. The molecule has 2 atom stereocenters. The van der Waals surface area contributed by atoms with Crippen LogP contribution >= 0.6 is 11.6 Å². The second kappa shape index (κ2) is 5.09. The maximum atomic E-state index is 10.7. The van der Waals surface area contributed by atoms with Gasteiger partial charge in [0.1, 0.15) is 0 Å². The van der Waals surface area contributed by atoms with E-state index in [4.69, 9.17) is 11.6 Å². The topological polar surface area (TPSA) is 20.3 Å². The lowest BCUT2D eigenvalue weighted by atomic mass is 9.88. The van der Waals surface area contributed by atoms with Crippen molar-refractivity contribution < 1.29 is 4.79 Å². The quantitative estimate of drug-likeness (QED) is 0.748. The minimum Gasteiger partial charge on any atom is -0.371 e. The average Bonchev–Trinajstić information content (AvgIpc) is 2.32. The van der Waals surface area contributed by atoms with Gasteiger partial charge in [0.15, 0.2) is 6.29 Å². The van der Waals surface area contributed by atoms with Crippen LogP contribution in [0.2, 0.25) is 5.02 Å². The highest BCUT2D eigenvalue weighted by atomic mass is 35.5. The molecule has 1 aromatic carbocycles. The van der Waals surface area contributed by atoms with Gasteiger partial charge in [0.05, 0.1) is 5.02 Å². The zero-order valence-corrected chi connectivity index (χ0v) is 11.1. The van der Waals surface area contributed by atoms with Crippen molar-refractivity contribution in [2.24, 2.45) is 11.8 Å². The van der Waals surface area contributed by atoms with E-state index >= 15 is 0 Å². The molecule has 0 radical (unpaired) electrons. The molecule has 0 aromatic heterocycles. The highest BCUT2D eigenvalue weighted by Crippen LogP contribution is 2.29. The van der Waals surface area contributed by atoms with Gasteiger partial charge in [-0.3, -0.25) is 4.79 Å². The predicted molar refractivity (Wildman–Crippen MR) is 72.0 cm³/mol. The van der Waals surface area contributed by atoms with E-state index in [9.17, 15) is 4.79 Å². The van der Waals surface area contributed by atoms with E-state index < -0.39 is 0 Å². The average molecular weight is 252 g/mol. The van der Waals surface area contributed by atoms with Crippen LogP contribution in [0.3, 0.4) is 0 Å². The summed E-state index contributed by atoms with van der Waals surface area (Å²) in [5.41, 5.74) is 1.69. The second-order valence-corrected chi connectivity index (χ2v) is 5.42. The Morgan fingerprint density at radius 3 is 2.71 bits per heavy atom. The number of aldehydes is 1. The summed E-state index contributed by atoms with van der Waals surface area (Å²) in [5.74, 6) is 1.49. The summed E-state index contributed by atoms with van der Waals surface area (Å²) in [7, 11) is 0. The Labute approximate surface area is 108 Å². The standard InChI is InChI=1S/C14H18ClNO/c1-10-5-6-16(8-11(10)2)13-4-3-12(9-17)14(15)7-13/h3-4,7,9-11H,5-6,8H2,1-2H3. The molecule has 0 aliphatic carbocycles. The third-order valence-electron chi connectivity index (χ3n) is 3.81. The normalized spacial score (nSPS) is 24.8. The minimum atomic E-state index is 0.545. The van der Waals surface area contributed by atoms with Crippen molar-refractivity contribution in [1.82, 2.24) is 0 Å². The molecular weight excluding hydrogens is 234 g/mol. The number of anilines is 1. The SMILES string of the molecule is CC1CCN(c2ccc(C=O)c(Cl)c2)CC1C. The zero-order chi connectivity index (χ0) is 12.4. The lowest BCUT2D eigenvalue weighted by molar-refractivity contribution is 0.112. The molecule has 0 saturated carbocycles. The first-order valence-electron chi connectivity index (χ1n) is 6.11.